The topological polar surface area (TPSA) is 28.2 Å². The van der Waals surface area contributed by atoms with Gasteiger partial charge in [0, 0.05) is 25.3 Å². The molecule has 0 aliphatic carbocycles. The summed E-state index contributed by atoms with van der Waals surface area (Å²) in [5.74, 6) is 2.64. The molecule has 3 heteroatoms. The van der Waals surface area contributed by atoms with Crippen LogP contribution in [-0.2, 0) is 6.54 Å². The van der Waals surface area contributed by atoms with E-state index in [0.29, 0.717) is 5.92 Å². The van der Waals surface area contributed by atoms with Crippen molar-refractivity contribution in [3.05, 3.63) is 23.4 Å². The maximum absolute atomic E-state index is 4.77. The van der Waals surface area contributed by atoms with Gasteiger partial charge in [0.1, 0.15) is 5.82 Å². The van der Waals surface area contributed by atoms with E-state index in [9.17, 15) is 0 Å². The van der Waals surface area contributed by atoms with E-state index in [1.807, 2.05) is 0 Å². The maximum Gasteiger partial charge on any atom is 0.128 e. The van der Waals surface area contributed by atoms with Crippen LogP contribution in [0.5, 0.6) is 0 Å². The van der Waals surface area contributed by atoms with Crippen molar-refractivity contribution in [2.75, 3.05) is 24.5 Å². The number of anilines is 1. The van der Waals surface area contributed by atoms with Crippen molar-refractivity contribution in [2.45, 2.75) is 40.7 Å². The summed E-state index contributed by atoms with van der Waals surface area (Å²) >= 11 is 0. The molecule has 1 N–H and O–H groups in total. The Morgan fingerprint density at radius 2 is 2.21 bits per heavy atom. The van der Waals surface area contributed by atoms with Crippen LogP contribution in [0.3, 0.4) is 0 Å². The smallest absolute Gasteiger partial charge is 0.128 e. The Kier molecular flexibility index (Phi) is 4.81. The first-order valence-corrected chi connectivity index (χ1v) is 7.48. The van der Waals surface area contributed by atoms with Crippen molar-refractivity contribution in [3.63, 3.8) is 0 Å². The number of rotatable bonds is 5. The largest absolute Gasteiger partial charge is 0.356 e. The van der Waals surface area contributed by atoms with E-state index in [2.05, 4.69) is 50.0 Å². The van der Waals surface area contributed by atoms with Gasteiger partial charge < -0.3 is 10.2 Å². The molecule has 2 heterocycles. The predicted molar refractivity (Wildman–Crippen MR) is 81.5 cm³/mol. The van der Waals surface area contributed by atoms with Gasteiger partial charge in [0.05, 0.1) is 0 Å². The third kappa shape index (κ3) is 3.93. The first kappa shape index (κ1) is 14.3. The number of nitrogens with one attached hydrogen (secondary N) is 1. The van der Waals surface area contributed by atoms with E-state index in [4.69, 9.17) is 4.98 Å². The van der Waals surface area contributed by atoms with Gasteiger partial charge in [-0.3, -0.25) is 0 Å². The molecule has 1 unspecified atom stereocenters. The summed E-state index contributed by atoms with van der Waals surface area (Å²) in [4.78, 5) is 7.18. The van der Waals surface area contributed by atoms with Crippen molar-refractivity contribution >= 4 is 5.82 Å². The number of pyridine rings is 1. The molecule has 1 saturated heterocycles. The summed E-state index contributed by atoms with van der Waals surface area (Å²) < 4.78 is 0. The zero-order valence-corrected chi connectivity index (χ0v) is 12.7. The number of aromatic nitrogens is 1. The third-order valence-corrected chi connectivity index (χ3v) is 3.80. The molecule has 0 saturated carbocycles. The molecule has 1 atom stereocenters. The van der Waals surface area contributed by atoms with Crippen LogP contribution in [0, 0.1) is 18.8 Å². The summed E-state index contributed by atoms with van der Waals surface area (Å²) in [6.45, 7) is 13.2. The Hall–Kier alpha value is -1.09. The first-order chi connectivity index (χ1) is 9.06. The zero-order valence-electron chi connectivity index (χ0n) is 12.7. The fourth-order valence-corrected chi connectivity index (χ4v) is 2.58. The highest BCUT2D eigenvalue weighted by Gasteiger charge is 2.20. The fourth-order valence-electron chi connectivity index (χ4n) is 2.58. The Bertz CT molecular complexity index is 414. The summed E-state index contributed by atoms with van der Waals surface area (Å²) in [6, 6.07) is 4.41. The van der Waals surface area contributed by atoms with E-state index in [1.54, 1.807) is 0 Å². The van der Waals surface area contributed by atoms with Crippen LogP contribution in [0.1, 0.15) is 38.4 Å². The van der Waals surface area contributed by atoms with Crippen LogP contribution < -0.4 is 10.2 Å². The van der Waals surface area contributed by atoms with Crippen LogP contribution >= 0.6 is 0 Å². The van der Waals surface area contributed by atoms with Gasteiger partial charge >= 0.3 is 0 Å². The standard InChI is InChI=1S/C16H27N3/c1-12(2)9-17-10-15-5-6-16(18-14(15)4)19-8-7-13(3)11-19/h5-6,12-13,17H,7-11H2,1-4H3. The minimum absolute atomic E-state index is 0.693. The highest BCUT2D eigenvalue weighted by atomic mass is 15.2. The molecule has 19 heavy (non-hydrogen) atoms. The average molecular weight is 261 g/mol. The lowest BCUT2D eigenvalue weighted by Gasteiger charge is -2.18. The van der Waals surface area contributed by atoms with Crippen molar-refractivity contribution < 1.29 is 0 Å². The van der Waals surface area contributed by atoms with Gasteiger partial charge in [-0.15, -0.1) is 0 Å². The fraction of sp³-hybridized carbons (Fsp3) is 0.688. The van der Waals surface area contributed by atoms with Gasteiger partial charge in [0.15, 0.2) is 0 Å². The van der Waals surface area contributed by atoms with Gasteiger partial charge in [-0.1, -0.05) is 26.8 Å². The molecular weight excluding hydrogens is 234 g/mol. The van der Waals surface area contributed by atoms with Crippen LogP contribution in [0.25, 0.3) is 0 Å². The number of aryl methyl sites for hydroxylation is 1. The van der Waals surface area contributed by atoms with Crippen molar-refractivity contribution in [1.29, 1.82) is 0 Å². The lowest BCUT2D eigenvalue weighted by atomic mass is 10.1. The second-order valence-electron chi connectivity index (χ2n) is 6.28. The summed E-state index contributed by atoms with van der Waals surface area (Å²) in [6.07, 6.45) is 1.29. The Balaban J connectivity index is 1.97. The van der Waals surface area contributed by atoms with E-state index < -0.39 is 0 Å². The minimum Gasteiger partial charge on any atom is -0.356 e. The molecule has 0 aromatic carbocycles. The molecule has 1 aromatic rings. The summed E-state index contributed by atoms with van der Waals surface area (Å²) in [5.41, 5.74) is 2.48. The molecular formula is C16H27N3. The van der Waals surface area contributed by atoms with Crippen LogP contribution in [0.2, 0.25) is 0 Å². The van der Waals surface area contributed by atoms with E-state index >= 15 is 0 Å². The Morgan fingerprint density at radius 1 is 1.42 bits per heavy atom. The zero-order chi connectivity index (χ0) is 13.8. The predicted octanol–water partition coefficient (Wildman–Crippen LogP) is 2.98. The van der Waals surface area contributed by atoms with E-state index in [1.165, 1.54) is 12.0 Å². The molecule has 3 nitrogen and oxygen atoms in total. The molecule has 1 aliphatic heterocycles. The van der Waals surface area contributed by atoms with Crippen molar-refractivity contribution in [2.24, 2.45) is 11.8 Å². The molecule has 1 aliphatic rings. The molecule has 2 rings (SSSR count). The molecule has 0 spiro atoms. The van der Waals surface area contributed by atoms with Gasteiger partial charge in [0.2, 0.25) is 0 Å². The molecule has 106 valence electrons. The van der Waals surface area contributed by atoms with E-state index in [0.717, 1.165) is 43.6 Å². The van der Waals surface area contributed by atoms with Crippen LogP contribution in [0.15, 0.2) is 12.1 Å². The van der Waals surface area contributed by atoms with Crippen LogP contribution in [0.4, 0.5) is 5.82 Å². The molecule has 1 fully saturated rings. The van der Waals surface area contributed by atoms with E-state index in [-0.39, 0.29) is 0 Å². The maximum atomic E-state index is 4.77. The molecule has 0 bridgehead atoms. The Morgan fingerprint density at radius 3 is 2.79 bits per heavy atom. The number of nitrogens with zero attached hydrogens (tertiary/aromatic N) is 2. The normalized spacial score (nSPS) is 19.4. The average Bonchev–Trinajstić information content (AvgIpc) is 2.77. The van der Waals surface area contributed by atoms with Gasteiger partial charge in [-0.2, -0.15) is 0 Å². The lowest BCUT2D eigenvalue weighted by molar-refractivity contribution is 0.551. The van der Waals surface area contributed by atoms with Gasteiger partial charge in [-0.05, 0) is 43.4 Å². The SMILES string of the molecule is Cc1nc(N2CCC(C)C2)ccc1CNCC(C)C. The third-order valence-electron chi connectivity index (χ3n) is 3.80. The Labute approximate surface area is 117 Å². The molecule has 1 aromatic heterocycles. The second kappa shape index (κ2) is 6.38. The van der Waals surface area contributed by atoms with Crippen LogP contribution in [-0.4, -0.2) is 24.6 Å². The van der Waals surface area contributed by atoms with Crippen molar-refractivity contribution in [1.82, 2.24) is 10.3 Å². The van der Waals surface area contributed by atoms with Crippen molar-refractivity contribution in [3.8, 4) is 0 Å². The highest BCUT2D eigenvalue weighted by molar-refractivity contribution is 5.42. The van der Waals surface area contributed by atoms with Gasteiger partial charge in [-0.25, -0.2) is 4.98 Å². The van der Waals surface area contributed by atoms with Gasteiger partial charge in [0.25, 0.3) is 0 Å². The monoisotopic (exact) mass is 261 g/mol. The number of hydrogen-bond donors (Lipinski definition) is 1. The molecule has 0 amide bonds. The number of hydrogen-bond acceptors (Lipinski definition) is 3. The quantitative estimate of drug-likeness (QED) is 0.883. The lowest BCUT2D eigenvalue weighted by Crippen LogP contribution is -2.22. The second-order valence-corrected chi connectivity index (χ2v) is 6.28. The minimum atomic E-state index is 0.693. The summed E-state index contributed by atoms with van der Waals surface area (Å²) in [5, 5.41) is 3.48. The molecule has 0 radical (unpaired) electrons. The highest BCUT2D eigenvalue weighted by Crippen LogP contribution is 2.22. The summed E-state index contributed by atoms with van der Waals surface area (Å²) in [7, 11) is 0. The first-order valence-electron chi connectivity index (χ1n) is 7.48.